The van der Waals surface area contributed by atoms with Crippen molar-refractivity contribution >= 4 is 12.2 Å². The van der Waals surface area contributed by atoms with Gasteiger partial charge in [0.05, 0.1) is 0 Å². The highest BCUT2D eigenvalue weighted by molar-refractivity contribution is 5.83. The molecule has 1 atom stereocenters. The van der Waals surface area contributed by atoms with E-state index in [1.165, 1.54) is 0 Å². The van der Waals surface area contributed by atoms with Crippen molar-refractivity contribution in [3.8, 4) is 0 Å². The van der Waals surface area contributed by atoms with E-state index < -0.39 is 11.6 Å². The molecule has 0 aromatic carbocycles. The molecule has 0 spiro atoms. The molecule has 4 heteroatoms. The fourth-order valence-electron chi connectivity index (χ4n) is 1.66. The van der Waals surface area contributed by atoms with Crippen molar-refractivity contribution in [2.24, 2.45) is 10.9 Å². The molecule has 0 saturated heterocycles. The zero-order chi connectivity index (χ0) is 15.2. The summed E-state index contributed by atoms with van der Waals surface area (Å²) in [6.07, 6.45) is 5.78. The van der Waals surface area contributed by atoms with Gasteiger partial charge < -0.3 is 4.74 Å². The normalized spacial score (nSPS) is 13.7. The maximum absolute atomic E-state index is 12.2. The highest BCUT2D eigenvalue weighted by Gasteiger charge is 2.24. The molecule has 0 aliphatic heterocycles. The van der Waals surface area contributed by atoms with E-state index in [9.17, 15) is 4.79 Å². The Morgan fingerprint density at radius 3 is 2.65 bits per heavy atom. The number of pyridine rings is 1. The minimum absolute atomic E-state index is 0.272. The molecule has 0 saturated carbocycles. The lowest BCUT2D eigenvalue weighted by molar-refractivity contribution is -0.156. The van der Waals surface area contributed by atoms with Gasteiger partial charge in [0.25, 0.3) is 0 Å². The van der Waals surface area contributed by atoms with E-state index in [-0.39, 0.29) is 5.97 Å². The molecule has 1 unspecified atom stereocenters. The molecular weight excluding hydrogens is 252 g/mol. The van der Waals surface area contributed by atoms with E-state index in [0.717, 1.165) is 5.56 Å². The molecule has 0 bridgehead atoms. The van der Waals surface area contributed by atoms with E-state index in [4.69, 9.17) is 4.74 Å². The predicted octanol–water partition coefficient (Wildman–Crippen LogP) is 3.26. The highest BCUT2D eigenvalue weighted by Crippen LogP contribution is 2.15. The first-order chi connectivity index (χ1) is 9.28. The Morgan fingerprint density at radius 1 is 1.45 bits per heavy atom. The highest BCUT2D eigenvalue weighted by atomic mass is 16.6. The Hall–Kier alpha value is -1.71. The van der Waals surface area contributed by atoms with E-state index >= 15 is 0 Å². The van der Waals surface area contributed by atoms with Crippen molar-refractivity contribution in [2.45, 2.75) is 52.7 Å². The molecule has 0 aliphatic carbocycles. The Bertz CT molecular complexity index is 447. The maximum Gasteiger partial charge on any atom is 0.331 e. The zero-order valence-electron chi connectivity index (χ0n) is 13.0. The second-order valence-corrected chi connectivity index (χ2v) is 6.24. The molecule has 0 N–H and O–H groups in total. The van der Waals surface area contributed by atoms with Crippen molar-refractivity contribution in [2.75, 3.05) is 0 Å². The lowest BCUT2D eigenvalue weighted by atomic mass is 10.0. The molecule has 1 aromatic heterocycles. The summed E-state index contributed by atoms with van der Waals surface area (Å²) in [7, 11) is 0. The molecule has 0 aliphatic rings. The maximum atomic E-state index is 12.2. The Balaban J connectivity index is 2.79. The Kier molecular flexibility index (Phi) is 5.86. The van der Waals surface area contributed by atoms with Gasteiger partial charge >= 0.3 is 5.97 Å². The SMILES string of the molecule is CC(C)CC(/N=C/c1cccnc1)C(=O)OC(C)(C)C. The molecule has 0 fully saturated rings. The molecule has 1 aromatic rings. The number of aromatic nitrogens is 1. The average Bonchev–Trinajstić information content (AvgIpc) is 2.33. The number of esters is 1. The fourth-order valence-corrected chi connectivity index (χ4v) is 1.66. The van der Waals surface area contributed by atoms with E-state index in [0.29, 0.717) is 12.3 Å². The van der Waals surface area contributed by atoms with Crippen LogP contribution in [0.4, 0.5) is 0 Å². The number of carbonyl (C=O) groups excluding carboxylic acids is 1. The molecule has 1 heterocycles. The smallest absolute Gasteiger partial charge is 0.331 e. The van der Waals surface area contributed by atoms with Gasteiger partial charge in [-0.1, -0.05) is 19.9 Å². The van der Waals surface area contributed by atoms with Crippen molar-refractivity contribution in [3.05, 3.63) is 30.1 Å². The van der Waals surface area contributed by atoms with Gasteiger partial charge in [-0.2, -0.15) is 0 Å². The summed E-state index contributed by atoms with van der Waals surface area (Å²) < 4.78 is 5.42. The van der Waals surface area contributed by atoms with Gasteiger partial charge in [0.2, 0.25) is 0 Å². The lowest BCUT2D eigenvalue weighted by Crippen LogP contribution is -2.31. The minimum atomic E-state index is -0.490. The van der Waals surface area contributed by atoms with Crippen molar-refractivity contribution in [1.29, 1.82) is 0 Å². The van der Waals surface area contributed by atoms with Crippen LogP contribution in [-0.2, 0) is 9.53 Å². The number of rotatable bonds is 5. The Morgan fingerprint density at radius 2 is 2.15 bits per heavy atom. The monoisotopic (exact) mass is 276 g/mol. The first-order valence-corrected chi connectivity index (χ1v) is 6.94. The van der Waals surface area contributed by atoms with Gasteiger partial charge in [0.15, 0.2) is 0 Å². The molecule has 0 amide bonds. The van der Waals surface area contributed by atoms with Crippen LogP contribution >= 0.6 is 0 Å². The van der Waals surface area contributed by atoms with Crippen LogP contribution in [-0.4, -0.2) is 28.8 Å². The standard InChI is InChI=1S/C16H24N2O2/c1-12(2)9-14(15(19)20-16(3,4)5)18-11-13-7-6-8-17-10-13/h6-8,10-12,14H,9H2,1-5H3/b18-11+. The predicted molar refractivity (Wildman–Crippen MR) is 80.9 cm³/mol. The third kappa shape index (κ3) is 6.45. The van der Waals surface area contributed by atoms with Crippen LogP contribution in [0.5, 0.6) is 0 Å². The van der Waals surface area contributed by atoms with Crippen LogP contribution in [0.25, 0.3) is 0 Å². The lowest BCUT2D eigenvalue weighted by Gasteiger charge is -2.23. The quantitative estimate of drug-likeness (QED) is 0.612. The second-order valence-electron chi connectivity index (χ2n) is 6.24. The molecule has 110 valence electrons. The number of hydrogen-bond acceptors (Lipinski definition) is 4. The Labute approximate surface area is 121 Å². The zero-order valence-corrected chi connectivity index (χ0v) is 13.0. The van der Waals surface area contributed by atoms with Gasteiger partial charge in [-0.15, -0.1) is 0 Å². The third-order valence-electron chi connectivity index (χ3n) is 2.46. The molecular formula is C16H24N2O2. The summed E-state index contributed by atoms with van der Waals surface area (Å²) >= 11 is 0. The van der Waals surface area contributed by atoms with Crippen LogP contribution < -0.4 is 0 Å². The topological polar surface area (TPSA) is 51.5 Å². The van der Waals surface area contributed by atoms with E-state index in [1.54, 1.807) is 18.6 Å². The van der Waals surface area contributed by atoms with Crippen molar-refractivity contribution < 1.29 is 9.53 Å². The number of ether oxygens (including phenoxy) is 1. The van der Waals surface area contributed by atoms with Gasteiger partial charge in [-0.3, -0.25) is 9.98 Å². The van der Waals surface area contributed by atoms with Gasteiger partial charge in [-0.25, -0.2) is 4.79 Å². The minimum Gasteiger partial charge on any atom is -0.458 e. The van der Waals surface area contributed by atoms with Crippen molar-refractivity contribution in [1.82, 2.24) is 4.98 Å². The average molecular weight is 276 g/mol. The number of hydrogen-bond donors (Lipinski definition) is 0. The molecule has 0 radical (unpaired) electrons. The van der Waals surface area contributed by atoms with Crippen LogP contribution in [0.2, 0.25) is 0 Å². The third-order valence-corrected chi connectivity index (χ3v) is 2.46. The van der Waals surface area contributed by atoms with Crippen LogP contribution in [0.1, 0.15) is 46.6 Å². The van der Waals surface area contributed by atoms with Crippen LogP contribution in [0, 0.1) is 5.92 Å². The summed E-state index contributed by atoms with van der Waals surface area (Å²) in [5.41, 5.74) is 0.390. The molecule has 20 heavy (non-hydrogen) atoms. The molecule has 1 rings (SSSR count). The number of aliphatic imine (C=N–C) groups is 1. The summed E-state index contributed by atoms with van der Waals surface area (Å²) in [6.45, 7) is 9.72. The van der Waals surface area contributed by atoms with Crippen LogP contribution in [0.15, 0.2) is 29.5 Å². The van der Waals surface area contributed by atoms with Crippen molar-refractivity contribution in [3.63, 3.8) is 0 Å². The summed E-state index contributed by atoms with van der Waals surface area (Å²) in [6, 6.07) is 3.28. The van der Waals surface area contributed by atoms with E-state index in [1.807, 2.05) is 32.9 Å². The largest absolute Gasteiger partial charge is 0.458 e. The summed E-state index contributed by atoms with van der Waals surface area (Å²) in [5.74, 6) is 0.102. The number of nitrogens with zero attached hydrogens (tertiary/aromatic N) is 2. The fraction of sp³-hybridized carbons (Fsp3) is 0.562. The summed E-state index contributed by atoms with van der Waals surface area (Å²) in [4.78, 5) is 20.6. The summed E-state index contributed by atoms with van der Waals surface area (Å²) in [5, 5.41) is 0. The van der Waals surface area contributed by atoms with Gasteiger partial charge in [0, 0.05) is 24.2 Å². The van der Waals surface area contributed by atoms with Gasteiger partial charge in [-0.05, 0) is 39.2 Å². The number of carbonyl (C=O) groups is 1. The first kappa shape index (κ1) is 16.3. The van der Waals surface area contributed by atoms with Crippen LogP contribution in [0.3, 0.4) is 0 Å². The first-order valence-electron chi connectivity index (χ1n) is 6.94. The second kappa shape index (κ2) is 7.17. The molecule has 4 nitrogen and oxygen atoms in total. The van der Waals surface area contributed by atoms with Gasteiger partial charge in [0.1, 0.15) is 11.6 Å². The van der Waals surface area contributed by atoms with E-state index in [2.05, 4.69) is 23.8 Å².